The molecule has 30 heavy (non-hydrogen) atoms. The van der Waals surface area contributed by atoms with Gasteiger partial charge in [-0.1, -0.05) is 30.3 Å². The SMILES string of the molecule is NC1=NC(c2ccc(F)c(-c3cncnc3)c2)(c2ccncc2F)c2ccccc21. The number of nitrogens with zero attached hydrogens (tertiary/aromatic N) is 4. The molecule has 0 amide bonds. The van der Waals surface area contributed by atoms with Gasteiger partial charge in [0.25, 0.3) is 0 Å². The van der Waals surface area contributed by atoms with Gasteiger partial charge in [-0.3, -0.25) is 4.98 Å². The van der Waals surface area contributed by atoms with Crippen LogP contribution < -0.4 is 5.73 Å². The van der Waals surface area contributed by atoms with Crippen molar-refractivity contribution in [2.45, 2.75) is 5.54 Å². The van der Waals surface area contributed by atoms with Crippen LogP contribution in [0.4, 0.5) is 8.78 Å². The number of pyridine rings is 1. The summed E-state index contributed by atoms with van der Waals surface area (Å²) in [6.45, 7) is 0. The minimum Gasteiger partial charge on any atom is -0.383 e. The number of halogens is 2. The van der Waals surface area contributed by atoms with Crippen LogP contribution >= 0.6 is 0 Å². The van der Waals surface area contributed by atoms with Crippen LogP contribution in [0.1, 0.15) is 22.3 Å². The Morgan fingerprint density at radius 3 is 2.37 bits per heavy atom. The Hall–Kier alpha value is -4.00. The maximum absolute atomic E-state index is 15.0. The van der Waals surface area contributed by atoms with Crippen molar-refractivity contribution in [2.24, 2.45) is 10.7 Å². The Labute approximate surface area is 171 Å². The molecule has 0 fully saturated rings. The molecule has 0 saturated heterocycles. The Morgan fingerprint density at radius 1 is 0.767 bits per heavy atom. The highest BCUT2D eigenvalue weighted by atomic mass is 19.1. The molecule has 0 saturated carbocycles. The largest absolute Gasteiger partial charge is 0.383 e. The molecule has 3 heterocycles. The van der Waals surface area contributed by atoms with E-state index in [9.17, 15) is 4.39 Å². The van der Waals surface area contributed by atoms with Gasteiger partial charge >= 0.3 is 0 Å². The predicted molar refractivity (Wildman–Crippen MR) is 109 cm³/mol. The van der Waals surface area contributed by atoms with E-state index in [1.54, 1.807) is 18.2 Å². The quantitative estimate of drug-likeness (QED) is 0.568. The molecule has 4 aromatic rings. The molecule has 0 aliphatic carbocycles. The fourth-order valence-electron chi connectivity index (χ4n) is 3.98. The van der Waals surface area contributed by atoms with Gasteiger partial charge in [-0.2, -0.15) is 0 Å². The third-order valence-electron chi connectivity index (χ3n) is 5.30. The molecule has 0 spiro atoms. The minimum absolute atomic E-state index is 0.285. The zero-order valence-electron chi connectivity index (χ0n) is 15.6. The van der Waals surface area contributed by atoms with Gasteiger partial charge < -0.3 is 5.73 Å². The van der Waals surface area contributed by atoms with Gasteiger partial charge in [-0.05, 0) is 29.3 Å². The second-order valence-corrected chi connectivity index (χ2v) is 6.93. The molecule has 1 unspecified atom stereocenters. The van der Waals surface area contributed by atoms with E-state index >= 15 is 4.39 Å². The van der Waals surface area contributed by atoms with E-state index in [1.807, 2.05) is 24.3 Å². The molecule has 2 aromatic heterocycles. The summed E-state index contributed by atoms with van der Waals surface area (Å²) in [4.78, 5) is 16.5. The van der Waals surface area contributed by atoms with E-state index in [0.717, 1.165) is 11.8 Å². The molecule has 1 aliphatic rings. The molecular weight excluding hydrogens is 384 g/mol. The number of hydrogen-bond acceptors (Lipinski definition) is 5. The van der Waals surface area contributed by atoms with Gasteiger partial charge in [0.1, 0.15) is 29.3 Å². The normalized spacial score (nSPS) is 17.5. The Balaban J connectivity index is 1.84. The van der Waals surface area contributed by atoms with Crippen molar-refractivity contribution in [1.29, 1.82) is 0 Å². The molecule has 0 bridgehead atoms. The van der Waals surface area contributed by atoms with E-state index in [-0.39, 0.29) is 11.4 Å². The Kier molecular flexibility index (Phi) is 4.10. The summed E-state index contributed by atoms with van der Waals surface area (Å²) in [5.41, 5.74) is 8.05. The first-order chi connectivity index (χ1) is 14.6. The van der Waals surface area contributed by atoms with Crippen LogP contribution in [0.5, 0.6) is 0 Å². The number of amidine groups is 1. The van der Waals surface area contributed by atoms with Crippen LogP contribution in [0, 0.1) is 11.6 Å². The second-order valence-electron chi connectivity index (χ2n) is 6.93. The lowest BCUT2D eigenvalue weighted by Gasteiger charge is -2.29. The summed E-state index contributed by atoms with van der Waals surface area (Å²) in [5.74, 6) is -0.683. The summed E-state index contributed by atoms with van der Waals surface area (Å²) in [7, 11) is 0. The summed E-state index contributed by atoms with van der Waals surface area (Å²) < 4.78 is 29.8. The van der Waals surface area contributed by atoms with Gasteiger partial charge in [0.05, 0.1) is 6.20 Å². The Morgan fingerprint density at radius 2 is 1.57 bits per heavy atom. The number of hydrogen-bond donors (Lipinski definition) is 1. The predicted octanol–water partition coefficient (Wildman–Crippen LogP) is 3.83. The number of rotatable bonds is 3. The van der Waals surface area contributed by atoms with Crippen LogP contribution in [-0.4, -0.2) is 20.8 Å². The summed E-state index contributed by atoms with van der Waals surface area (Å²) in [6.07, 6.45) is 7.06. The molecule has 1 aliphatic heterocycles. The monoisotopic (exact) mass is 399 g/mol. The highest BCUT2D eigenvalue weighted by Crippen LogP contribution is 2.47. The average Bonchev–Trinajstić information content (AvgIpc) is 3.08. The van der Waals surface area contributed by atoms with E-state index < -0.39 is 17.2 Å². The first kappa shape index (κ1) is 18.1. The zero-order chi connectivity index (χ0) is 20.7. The van der Waals surface area contributed by atoms with Crippen molar-refractivity contribution in [3.8, 4) is 11.1 Å². The lowest BCUT2D eigenvalue weighted by molar-refractivity contribution is 0.554. The standard InChI is InChI=1S/C23H15F2N5/c24-20-6-5-15(9-17(20)14-10-28-13-29-11-14)23(19-7-8-27-12-21(19)25)18-4-2-1-3-16(18)22(26)30-23/h1-13H,(H2,26,30). The highest BCUT2D eigenvalue weighted by molar-refractivity contribution is 6.03. The second kappa shape index (κ2) is 6.81. The van der Waals surface area contributed by atoms with Crippen molar-refractivity contribution >= 4 is 5.84 Å². The van der Waals surface area contributed by atoms with Gasteiger partial charge in [0.2, 0.25) is 0 Å². The van der Waals surface area contributed by atoms with Crippen LogP contribution in [0.25, 0.3) is 11.1 Å². The van der Waals surface area contributed by atoms with Crippen molar-refractivity contribution in [2.75, 3.05) is 0 Å². The summed E-state index contributed by atoms with van der Waals surface area (Å²) in [6, 6.07) is 13.5. The zero-order valence-corrected chi connectivity index (χ0v) is 15.6. The molecule has 2 aromatic carbocycles. The molecule has 1 atom stereocenters. The van der Waals surface area contributed by atoms with Crippen molar-refractivity contribution in [1.82, 2.24) is 15.0 Å². The van der Waals surface area contributed by atoms with Crippen molar-refractivity contribution in [3.63, 3.8) is 0 Å². The molecule has 146 valence electrons. The van der Waals surface area contributed by atoms with E-state index in [1.165, 1.54) is 31.0 Å². The number of aliphatic imine (C=N–C) groups is 1. The number of fused-ring (bicyclic) bond motifs is 1. The van der Waals surface area contributed by atoms with Gasteiger partial charge in [0.15, 0.2) is 0 Å². The van der Waals surface area contributed by atoms with Crippen LogP contribution in [0.2, 0.25) is 0 Å². The third kappa shape index (κ3) is 2.59. The van der Waals surface area contributed by atoms with Gasteiger partial charge in [-0.25, -0.2) is 23.7 Å². The fraction of sp³-hybridized carbons (Fsp3) is 0.0435. The van der Waals surface area contributed by atoms with Crippen LogP contribution in [0.3, 0.4) is 0 Å². The van der Waals surface area contributed by atoms with Crippen LogP contribution in [-0.2, 0) is 5.54 Å². The third-order valence-corrected chi connectivity index (χ3v) is 5.30. The van der Waals surface area contributed by atoms with Crippen molar-refractivity contribution in [3.05, 3.63) is 114 Å². The van der Waals surface area contributed by atoms with Crippen LogP contribution in [0.15, 0.2) is 84.6 Å². The molecular formula is C23H15F2N5. The maximum Gasteiger partial charge on any atom is 0.147 e. The fourth-order valence-corrected chi connectivity index (χ4v) is 3.98. The lowest BCUT2D eigenvalue weighted by Crippen LogP contribution is -2.27. The summed E-state index contributed by atoms with van der Waals surface area (Å²) >= 11 is 0. The first-order valence-electron chi connectivity index (χ1n) is 9.22. The smallest absolute Gasteiger partial charge is 0.147 e. The van der Waals surface area contributed by atoms with Gasteiger partial charge in [-0.15, -0.1) is 0 Å². The molecule has 5 nitrogen and oxygen atoms in total. The average molecular weight is 399 g/mol. The molecule has 0 radical (unpaired) electrons. The minimum atomic E-state index is -1.27. The van der Waals surface area contributed by atoms with E-state index in [2.05, 4.69) is 15.0 Å². The maximum atomic E-state index is 15.0. The molecule has 5 rings (SSSR count). The first-order valence-corrected chi connectivity index (χ1v) is 9.22. The molecule has 2 N–H and O–H groups in total. The lowest BCUT2D eigenvalue weighted by atomic mass is 9.77. The topological polar surface area (TPSA) is 77.0 Å². The van der Waals surface area contributed by atoms with E-state index in [4.69, 9.17) is 10.7 Å². The number of nitrogens with two attached hydrogens (primary N) is 1. The number of benzene rings is 2. The Bertz CT molecular complexity index is 1290. The van der Waals surface area contributed by atoms with Gasteiger partial charge in [0, 0.05) is 40.8 Å². The summed E-state index contributed by atoms with van der Waals surface area (Å²) in [5, 5.41) is 0. The molecule has 7 heteroatoms. The van der Waals surface area contributed by atoms with Crippen molar-refractivity contribution < 1.29 is 8.78 Å². The number of aromatic nitrogens is 3. The highest BCUT2D eigenvalue weighted by Gasteiger charge is 2.44. The van der Waals surface area contributed by atoms with E-state index in [0.29, 0.717) is 22.3 Å².